The zero-order chi connectivity index (χ0) is 21.6. The number of furan rings is 1. The van der Waals surface area contributed by atoms with Crippen molar-refractivity contribution in [3.63, 3.8) is 0 Å². The first-order valence-corrected chi connectivity index (χ1v) is 10.9. The van der Waals surface area contributed by atoms with Gasteiger partial charge >= 0.3 is 5.97 Å². The highest BCUT2D eigenvalue weighted by molar-refractivity contribution is 5.84. The van der Waals surface area contributed by atoms with Crippen molar-refractivity contribution in [1.82, 2.24) is 0 Å². The summed E-state index contributed by atoms with van der Waals surface area (Å²) in [6.45, 7) is 5.09. The van der Waals surface area contributed by atoms with Crippen LogP contribution in [0.15, 0.2) is 64.8 Å². The largest absolute Gasteiger partial charge is 0.494 e. The minimum atomic E-state index is -0.580. The number of hydrogen-bond donors (Lipinski definition) is 0. The molecule has 2 aliphatic rings. The fourth-order valence-corrected chi connectivity index (χ4v) is 4.06. The highest BCUT2D eigenvalue weighted by Gasteiger charge is 2.23. The third-order valence-corrected chi connectivity index (χ3v) is 5.51. The average Bonchev–Trinajstić information content (AvgIpc) is 3.36. The Balaban J connectivity index is 1.33. The molecule has 0 spiro atoms. The van der Waals surface area contributed by atoms with Crippen molar-refractivity contribution in [1.29, 1.82) is 0 Å². The molecule has 0 radical (unpaired) electrons. The molecule has 1 aromatic heterocycles. The third-order valence-electron chi connectivity index (χ3n) is 5.51. The number of allylic oxidation sites excluding steroid dienone is 4. The van der Waals surface area contributed by atoms with Gasteiger partial charge in [0.25, 0.3) is 0 Å². The van der Waals surface area contributed by atoms with Crippen LogP contribution in [0.2, 0.25) is 0 Å². The highest BCUT2D eigenvalue weighted by Crippen LogP contribution is 2.31. The van der Waals surface area contributed by atoms with Gasteiger partial charge in [-0.25, -0.2) is 4.79 Å². The molecule has 2 aromatic rings. The summed E-state index contributed by atoms with van der Waals surface area (Å²) in [5, 5.41) is 1.15. The predicted octanol–water partition coefficient (Wildman–Crippen LogP) is 3.32. The summed E-state index contributed by atoms with van der Waals surface area (Å²) in [7, 11) is 0. The summed E-state index contributed by atoms with van der Waals surface area (Å²) in [4.78, 5) is 12.0. The van der Waals surface area contributed by atoms with Crippen LogP contribution in [0.3, 0.4) is 0 Å². The van der Waals surface area contributed by atoms with Gasteiger partial charge in [-0.15, -0.1) is 0 Å². The number of hydrogen-bond acceptors (Lipinski definition) is 5. The summed E-state index contributed by atoms with van der Waals surface area (Å²) in [5.41, 5.74) is 4.47. The molecule has 0 saturated heterocycles. The summed E-state index contributed by atoms with van der Waals surface area (Å²) < 4.78 is 22.3. The van der Waals surface area contributed by atoms with E-state index in [1.165, 1.54) is 11.1 Å². The average molecular weight is 421 g/mol. The Hall–Kier alpha value is -3.05. The maximum absolute atomic E-state index is 12.0. The Morgan fingerprint density at radius 1 is 1.13 bits per heavy atom. The molecule has 2 aliphatic carbocycles. The first kappa shape index (κ1) is 21.2. The molecule has 0 aliphatic heterocycles. The van der Waals surface area contributed by atoms with E-state index in [9.17, 15) is 4.79 Å². The van der Waals surface area contributed by atoms with E-state index in [1.807, 2.05) is 37.3 Å². The third kappa shape index (κ3) is 4.83. The number of fused-ring (bicyclic) bond motifs is 2. The maximum atomic E-state index is 12.0. The zero-order valence-electron chi connectivity index (χ0n) is 18.0. The van der Waals surface area contributed by atoms with E-state index >= 15 is 0 Å². The molecule has 5 nitrogen and oxygen atoms in total. The van der Waals surface area contributed by atoms with E-state index in [0.29, 0.717) is 26.2 Å². The minimum Gasteiger partial charge on any atom is -0.494 e. The molecule has 1 heterocycles. The van der Waals surface area contributed by atoms with Crippen LogP contribution in [0.4, 0.5) is 0 Å². The number of esters is 1. The standard InChI is InChI=1S/C26H28O5/c1-3-28-23(26(27)29-4-2)16-18-8-10-22(11-9-18)30-14-12-19-6-5-7-20-17-21-13-15-31-25(21)24(19)20/h5-11,13,15,17,19,23H,3-4,12,14,16H2,1-2H3. The van der Waals surface area contributed by atoms with E-state index in [1.54, 1.807) is 13.2 Å². The summed E-state index contributed by atoms with van der Waals surface area (Å²) in [6.07, 6.45) is 11.1. The van der Waals surface area contributed by atoms with Gasteiger partial charge in [0, 0.05) is 29.7 Å². The second-order valence-electron chi connectivity index (χ2n) is 7.56. The lowest BCUT2D eigenvalue weighted by atomic mass is 9.88. The Morgan fingerprint density at radius 3 is 2.74 bits per heavy atom. The number of benzene rings is 1. The molecule has 1 aromatic carbocycles. The number of carbonyl (C=O) groups excluding carboxylic acids is 1. The van der Waals surface area contributed by atoms with Gasteiger partial charge in [-0.1, -0.05) is 30.4 Å². The molecule has 0 fully saturated rings. The fraction of sp³-hybridized carbons (Fsp3) is 0.346. The molecule has 162 valence electrons. The smallest absolute Gasteiger partial charge is 0.335 e. The molecule has 31 heavy (non-hydrogen) atoms. The molecule has 2 unspecified atom stereocenters. The van der Waals surface area contributed by atoms with Gasteiger partial charge in [0.1, 0.15) is 11.2 Å². The SMILES string of the molecule is CCOC(=O)C(Cc1ccc(OCCC2C=CC=C3C=c4ccoc4=C32)cc1)OCC. The van der Waals surface area contributed by atoms with Crippen molar-refractivity contribution < 1.29 is 23.4 Å². The van der Waals surface area contributed by atoms with Crippen LogP contribution in [0, 0.1) is 5.92 Å². The van der Waals surface area contributed by atoms with Gasteiger partial charge in [-0.2, -0.15) is 0 Å². The number of carbonyl (C=O) groups is 1. The Labute approximate surface area is 182 Å². The van der Waals surface area contributed by atoms with Crippen LogP contribution >= 0.6 is 0 Å². The highest BCUT2D eigenvalue weighted by atomic mass is 16.6. The van der Waals surface area contributed by atoms with Crippen LogP contribution in [0.5, 0.6) is 5.75 Å². The van der Waals surface area contributed by atoms with Crippen molar-refractivity contribution in [2.24, 2.45) is 5.92 Å². The van der Waals surface area contributed by atoms with Crippen LogP contribution in [0.25, 0.3) is 11.6 Å². The minimum absolute atomic E-state index is 0.277. The van der Waals surface area contributed by atoms with Crippen molar-refractivity contribution in [3.05, 3.63) is 76.6 Å². The van der Waals surface area contributed by atoms with E-state index in [0.717, 1.165) is 28.4 Å². The number of ether oxygens (including phenoxy) is 3. The molecule has 0 saturated carbocycles. The van der Waals surface area contributed by atoms with Crippen molar-refractivity contribution in [2.75, 3.05) is 19.8 Å². The van der Waals surface area contributed by atoms with E-state index < -0.39 is 6.10 Å². The van der Waals surface area contributed by atoms with Gasteiger partial charge in [0.15, 0.2) is 6.10 Å². The topological polar surface area (TPSA) is 57.9 Å². The van der Waals surface area contributed by atoms with Crippen LogP contribution < -0.4 is 15.4 Å². The van der Waals surface area contributed by atoms with Gasteiger partial charge in [0.05, 0.1) is 19.5 Å². The summed E-state index contributed by atoms with van der Waals surface area (Å²) in [5.74, 6) is 0.768. The molecule has 2 atom stereocenters. The lowest BCUT2D eigenvalue weighted by molar-refractivity contribution is -0.156. The van der Waals surface area contributed by atoms with E-state index in [-0.39, 0.29) is 11.9 Å². The maximum Gasteiger partial charge on any atom is 0.335 e. The molecule has 0 N–H and O–H groups in total. The first-order valence-electron chi connectivity index (χ1n) is 10.9. The van der Waals surface area contributed by atoms with Crippen LogP contribution in [-0.2, 0) is 20.7 Å². The zero-order valence-corrected chi connectivity index (χ0v) is 18.0. The molecular weight excluding hydrogens is 392 g/mol. The van der Waals surface area contributed by atoms with Crippen molar-refractivity contribution >= 4 is 17.6 Å². The lowest BCUT2D eigenvalue weighted by Crippen LogP contribution is -2.28. The van der Waals surface area contributed by atoms with E-state index in [4.69, 9.17) is 18.6 Å². The quantitative estimate of drug-likeness (QED) is 0.552. The van der Waals surface area contributed by atoms with E-state index in [2.05, 4.69) is 24.3 Å². The van der Waals surface area contributed by atoms with Crippen molar-refractivity contribution in [3.8, 4) is 5.75 Å². The van der Waals surface area contributed by atoms with Gasteiger partial charge < -0.3 is 18.6 Å². The summed E-state index contributed by atoms with van der Waals surface area (Å²) >= 11 is 0. The van der Waals surface area contributed by atoms with Crippen LogP contribution in [-0.4, -0.2) is 31.9 Å². The molecular formula is C26H28O5. The Morgan fingerprint density at radius 2 is 1.97 bits per heavy atom. The Bertz CT molecular complexity index is 1090. The molecule has 0 bridgehead atoms. The normalized spacial score (nSPS) is 17.4. The lowest BCUT2D eigenvalue weighted by Gasteiger charge is -2.19. The number of rotatable bonds is 10. The van der Waals surface area contributed by atoms with Crippen LogP contribution in [0.1, 0.15) is 25.8 Å². The Kier molecular flexibility index (Phi) is 6.73. The molecule has 4 rings (SSSR count). The summed E-state index contributed by atoms with van der Waals surface area (Å²) in [6, 6.07) is 9.82. The van der Waals surface area contributed by atoms with Gasteiger partial charge in [0.2, 0.25) is 0 Å². The first-order chi connectivity index (χ1) is 15.2. The fourth-order valence-electron chi connectivity index (χ4n) is 4.06. The second kappa shape index (κ2) is 9.84. The second-order valence-corrected chi connectivity index (χ2v) is 7.56. The monoisotopic (exact) mass is 420 g/mol. The predicted molar refractivity (Wildman–Crippen MR) is 119 cm³/mol. The van der Waals surface area contributed by atoms with Gasteiger partial charge in [-0.05, 0) is 55.7 Å². The molecule has 0 amide bonds. The van der Waals surface area contributed by atoms with Crippen molar-refractivity contribution in [2.45, 2.75) is 32.8 Å². The molecule has 5 heteroatoms. The van der Waals surface area contributed by atoms with Gasteiger partial charge in [-0.3, -0.25) is 0 Å².